The summed E-state index contributed by atoms with van der Waals surface area (Å²) in [4.78, 5) is 38.0. The average Bonchev–Trinajstić information content (AvgIpc) is 3.43. The van der Waals surface area contributed by atoms with Gasteiger partial charge in [-0.1, -0.05) is 24.3 Å². The maximum atomic E-state index is 12.7. The van der Waals surface area contributed by atoms with Crippen LogP contribution in [0.3, 0.4) is 0 Å². The molecule has 25 heavy (non-hydrogen) atoms. The molecule has 1 fully saturated rings. The average molecular weight is 362 g/mol. The first-order valence-corrected chi connectivity index (χ1v) is 9.65. The van der Waals surface area contributed by atoms with Crippen molar-refractivity contribution < 1.29 is 14.4 Å². The molecule has 0 radical (unpaired) electrons. The van der Waals surface area contributed by atoms with Gasteiger partial charge in [-0.25, -0.2) is 0 Å². The summed E-state index contributed by atoms with van der Waals surface area (Å²) in [6, 6.07) is 7.58. The largest absolute Gasteiger partial charge is 0.350 e. The fraction of sp³-hybridized carbons (Fsp3) is 0.471. The van der Waals surface area contributed by atoms with E-state index in [9.17, 15) is 14.4 Å². The first-order valence-electron chi connectivity index (χ1n) is 8.36. The number of benzene rings is 1. The number of rotatable bonds is 1. The minimum atomic E-state index is -0.333. The Kier molecular flexibility index (Phi) is 5.66. The van der Waals surface area contributed by atoms with Crippen molar-refractivity contribution in [1.29, 1.82) is 0 Å². The normalized spacial score (nSPS) is 26.4. The Morgan fingerprint density at radius 3 is 2.32 bits per heavy atom. The summed E-state index contributed by atoms with van der Waals surface area (Å²) >= 11 is 0. The summed E-state index contributed by atoms with van der Waals surface area (Å²) in [5.74, 6) is -0.649. The van der Waals surface area contributed by atoms with Gasteiger partial charge in [-0.2, -0.15) is 0 Å². The number of nitrogens with zero attached hydrogens (tertiary/aromatic N) is 1. The van der Waals surface area contributed by atoms with Gasteiger partial charge in [0, 0.05) is 25.8 Å². The van der Waals surface area contributed by atoms with Crippen LogP contribution >= 0.6 is 8.58 Å². The summed E-state index contributed by atoms with van der Waals surface area (Å²) in [5, 5.41) is 8.75. The van der Waals surface area contributed by atoms with Crippen molar-refractivity contribution in [3.8, 4) is 0 Å². The predicted molar refractivity (Wildman–Crippen MR) is 96.5 cm³/mol. The van der Waals surface area contributed by atoms with Crippen LogP contribution in [-0.4, -0.2) is 60.6 Å². The monoisotopic (exact) mass is 362 g/mol. The fourth-order valence-corrected chi connectivity index (χ4v) is 3.72. The third-order valence-corrected chi connectivity index (χ3v) is 5.63. The summed E-state index contributed by atoms with van der Waals surface area (Å²) in [7, 11) is 2.42. The summed E-state index contributed by atoms with van der Waals surface area (Å²) in [6.45, 7) is 0.825. The molecule has 134 valence electrons. The number of hydrogen-bond acceptors (Lipinski definition) is 4. The molecule has 2 aliphatic rings. The molecule has 1 saturated heterocycles. The quantitative estimate of drug-likeness (QED) is 0.583. The maximum Gasteiger partial charge on any atom is 0.240 e. The molecule has 3 atom stereocenters. The molecule has 3 amide bonds. The SMILES string of the molecule is CN1CC(=O)NCC(=O)NCc2ccccc2CNC(C2CP2)C1=O. The van der Waals surface area contributed by atoms with E-state index in [0.29, 0.717) is 18.7 Å². The Morgan fingerprint density at radius 1 is 1.00 bits per heavy atom. The van der Waals surface area contributed by atoms with E-state index in [4.69, 9.17) is 0 Å². The molecule has 3 N–H and O–H groups in total. The zero-order valence-corrected chi connectivity index (χ0v) is 15.2. The molecule has 3 rings (SSSR count). The highest BCUT2D eigenvalue weighted by molar-refractivity contribution is 7.47. The molecule has 0 aromatic heterocycles. The maximum absolute atomic E-state index is 12.7. The zero-order valence-electron chi connectivity index (χ0n) is 14.2. The van der Waals surface area contributed by atoms with E-state index in [1.807, 2.05) is 24.3 Å². The van der Waals surface area contributed by atoms with Gasteiger partial charge in [-0.3, -0.25) is 14.4 Å². The van der Waals surface area contributed by atoms with Gasteiger partial charge in [0.05, 0.1) is 19.1 Å². The molecule has 0 bridgehead atoms. The van der Waals surface area contributed by atoms with Crippen LogP contribution in [0, 0.1) is 0 Å². The molecule has 8 heteroatoms. The molecular formula is C17H23N4O3P. The van der Waals surface area contributed by atoms with E-state index >= 15 is 0 Å². The van der Waals surface area contributed by atoms with E-state index in [-0.39, 0.29) is 36.9 Å². The van der Waals surface area contributed by atoms with Crippen LogP contribution in [0.25, 0.3) is 0 Å². The van der Waals surface area contributed by atoms with Gasteiger partial charge in [0.2, 0.25) is 17.7 Å². The van der Waals surface area contributed by atoms with Gasteiger partial charge in [-0.15, -0.1) is 8.58 Å². The molecule has 0 spiro atoms. The number of carbonyl (C=O) groups is 3. The minimum Gasteiger partial charge on any atom is -0.350 e. The lowest BCUT2D eigenvalue weighted by atomic mass is 10.1. The Bertz CT molecular complexity index is 678. The van der Waals surface area contributed by atoms with E-state index in [1.54, 1.807) is 7.05 Å². The van der Waals surface area contributed by atoms with Crippen LogP contribution in [0.2, 0.25) is 0 Å². The second-order valence-electron chi connectivity index (χ2n) is 6.39. The molecule has 7 nitrogen and oxygen atoms in total. The topological polar surface area (TPSA) is 90.5 Å². The molecule has 1 aromatic carbocycles. The molecule has 3 unspecified atom stereocenters. The number of fused-ring (bicyclic) bond motifs is 1. The van der Waals surface area contributed by atoms with Crippen LogP contribution < -0.4 is 16.0 Å². The third-order valence-electron chi connectivity index (χ3n) is 4.42. The van der Waals surface area contributed by atoms with Crippen molar-refractivity contribution in [3.05, 3.63) is 35.4 Å². The van der Waals surface area contributed by atoms with Crippen molar-refractivity contribution in [2.45, 2.75) is 24.8 Å². The number of nitrogens with one attached hydrogen (secondary N) is 3. The highest BCUT2D eigenvalue weighted by atomic mass is 31.1. The summed E-state index contributed by atoms with van der Waals surface area (Å²) < 4.78 is 0. The Balaban J connectivity index is 1.81. The number of carbonyl (C=O) groups excluding carboxylic acids is 3. The highest BCUT2D eigenvalue weighted by Crippen LogP contribution is 2.41. The molecule has 2 aliphatic heterocycles. The van der Waals surface area contributed by atoms with Crippen molar-refractivity contribution in [2.75, 3.05) is 26.3 Å². The first kappa shape index (κ1) is 17.8. The highest BCUT2D eigenvalue weighted by Gasteiger charge is 2.37. The van der Waals surface area contributed by atoms with E-state index in [2.05, 4.69) is 16.0 Å². The lowest BCUT2D eigenvalue weighted by molar-refractivity contribution is -0.136. The van der Waals surface area contributed by atoms with Crippen molar-refractivity contribution in [3.63, 3.8) is 0 Å². The lowest BCUT2D eigenvalue weighted by Gasteiger charge is -2.25. The number of likely N-dealkylation sites (N-methyl/N-ethyl adjacent to an activating group) is 1. The van der Waals surface area contributed by atoms with Crippen LogP contribution in [0.1, 0.15) is 11.1 Å². The van der Waals surface area contributed by atoms with Crippen molar-refractivity contribution in [2.24, 2.45) is 0 Å². The fourth-order valence-electron chi connectivity index (χ4n) is 2.85. The van der Waals surface area contributed by atoms with Gasteiger partial charge < -0.3 is 20.9 Å². The van der Waals surface area contributed by atoms with Crippen LogP contribution in [0.4, 0.5) is 0 Å². The lowest BCUT2D eigenvalue weighted by Crippen LogP contribution is -2.51. The van der Waals surface area contributed by atoms with Crippen LogP contribution in [-0.2, 0) is 27.5 Å². The standard InChI is InChI=1S/C17H23N4O3P/c1-21-9-15(23)19-8-14(22)18-6-11-4-2-3-5-12(11)7-20-16(17(21)24)13-10-25-13/h2-5,13,16,20,25H,6-10H2,1H3,(H,18,22)(H,19,23). The Morgan fingerprint density at radius 2 is 1.64 bits per heavy atom. The summed E-state index contributed by atoms with van der Waals surface area (Å²) in [5.41, 5.74) is 2.43. The molecular weight excluding hydrogens is 339 g/mol. The van der Waals surface area contributed by atoms with E-state index in [0.717, 1.165) is 25.9 Å². The Hall–Kier alpha value is -1.98. The second kappa shape index (κ2) is 7.93. The molecule has 0 aliphatic carbocycles. The van der Waals surface area contributed by atoms with Gasteiger partial charge in [0.15, 0.2) is 0 Å². The van der Waals surface area contributed by atoms with Crippen LogP contribution in [0.15, 0.2) is 24.3 Å². The van der Waals surface area contributed by atoms with Crippen molar-refractivity contribution in [1.82, 2.24) is 20.9 Å². The van der Waals surface area contributed by atoms with Gasteiger partial charge in [-0.05, 0) is 17.3 Å². The van der Waals surface area contributed by atoms with Gasteiger partial charge in [0.1, 0.15) is 0 Å². The first-order chi connectivity index (χ1) is 12.0. The minimum absolute atomic E-state index is 0.0449. The second-order valence-corrected chi connectivity index (χ2v) is 7.95. The zero-order chi connectivity index (χ0) is 17.8. The third kappa shape index (κ3) is 4.77. The van der Waals surface area contributed by atoms with Crippen molar-refractivity contribution >= 4 is 26.3 Å². The molecule has 1 aromatic rings. The molecule has 0 saturated carbocycles. The number of hydrogen-bond donors (Lipinski definition) is 3. The van der Waals surface area contributed by atoms with Gasteiger partial charge in [0.25, 0.3) is 0 Å². The van der Waals surface area contributed by atoms with E-state index < -0.39 is 0 Å². The predicted octanol–water partition coefficient (Wildman–Crippen LogP) is -0.590. The smallest absolute Gasteiger partial charge is 0.240 e. The summed E-state index contributed by atoms with van der Waals surface area (Å²) in [6.07, 6.45) is 1.06. The number of amides is 3. The van der Waals surface area contributed by atoms with Gasteiger partial charge >= 0.3 is 0 Å². The Labute approximate surface area is 148 Å². The van der Waals surface area contributed by atoms with E-state index in [1.165, 1.54) is 4.90 Å². The molecule has 2 heterocycles. The van der Waals surface area contributed by atoms with Crippen LogP contribution in [0.5, 0.6) is 0 Å².